The molecule has 0 aliphatic carbocycles. The van der Waals surface area contributed by atoms with Gasteiger partial charge in [0.1, 0.15) is 6.04 Å². The van der Waals surface area contributed by atoms with E-state index in [1.807, 2.05) is 4.90 Å². The largest absolute Gasteiger partial charge is 0.408 e. The summed E-state index contributed by atoms with van der Waals surface area (Å²) in [6.45, 7) is 1.50. The van der Waals surface area contributed by atoms with E-state index in [1.165, 1.54) is 17.0 Å². The summed E-state index contributed by atoms with van der Waals surface area (Å²) in [5, 5.41) is 8.12. The van der Waals surface area contributed by atoms with Crippen LogP contribution in [0, 0.1) is 0 Å². The highest BCUT2D eigenvalue weighted by Crippen LogP contribution is 2.39. The monoisotopic (exact) mass is 356 g/mol. The average Bonchev–Trinajstić information content (AvgIpc) is 2.55. The van der Waals surface area contributed by atoms with Crippen LogP contribution in [-0.4, -0.2) is 47.5 Å². The predicted molar refractivity (Wildman–Crippen MR) is 86.1 cm³/mol. The molecule has 0 amide bonds. The first-order chi connectivity index (χ1) is 11.4. The Labute approximate surface area is 142 Å². The van der Waals surface area contributed by atoms with Crippen molar-refractivity contribution in [3.05, 3.63) is 53.2 Å². The third-order valence-electron chi connectivity index (χ3n) is 4.04. The minimum absolute atomic E-state index is 0.169. The van der Waals surface area contributed by atoms with E-state index in [-0.39, 0.29) is 18.7 Å². The third kappa shape index (κ3) is 3.79. The highest BCUT2D eigenvalue weighted by Gasteiger charge is 2.45. The molecule has 24 heavy (non-hydrogen) atoms. The quantitative estimate of drug-likeness (QED) is 0.841. The van der Waals surface area contributed by atoms with Crippen LogP contribution in [0.5, 0.6) is 0 Å². The second-order valence-electron chi connectivity index (χ2n) is 5.60. The molecule has 0 N–H and O–H groups in total. The Bertz CT molecular complexity index is 673. The molecule has 1 aromatic heterocycles. The number of hydrogen-bond donors (Lipinski definition) is 0. The van der Waals surface area contributed by atoms with Crippen LogP contribution in [0.3, 0.4) is 0 Å². The maximum absolute atomic E-state index is 13.6. The summed E-state index contributed by atoms with van der Waals surface area (Å²) in [5.74, 6) is 0.684. The van der Waals surface area contributed by atoms with E-state index in [2.05, 4.69) is 10.2 Å². The average molecular weight is 357 g/mol. The summed E-state index contributed by atoms with van der Waals surface area (Å²) in [6, 6.07) is 7.89. The van der Waals surface area contributed by atoms with Crippen LogP contribution in [0.4, 0.5) is 19.0 Å². The first-order valence-corrected chi connectivity index (χ1v) is 7.92. The Hall–Kier alpha value is -1.86. The van der Waals surface area contributed by atoms with E-state index in [0.717, 1.165) is 0 Å². The normalized spacial score (nSPS) is 17.8. The lowest BCUT2D eigenvalue weighted by molar-refractivity contribution is -0.187. The van der Waals surface area contributed by atoms with Gasteiger partial charge in [0.15, 0.2) is 5.82 Å². The molecule has 8 heteroatoms. The highest BCUT2D eigenvalue weighted by atomic mass is 35.5. The van der Waals surface area contributed by atoms with Crippen molar-refractivity contribution in [2.45, 2.75) is 12.2 Å². The Balaban J connectivity index is 1.76. The van der Waals surface area contributed by atoms with Gasteiger partial charge >= 0.3 is 6.18 Å². The molecule has 0 unspecified atom stereocenters. The van der Waals surface area contributed by atoms with Crippen molar-refractivity contribution in [3.63, 3.8) is 0 Å². The fourth-order valence-corrected chi connectivity index (χ4v) is 3.15. The number of piperazine rings is 1. The molecule has 1 atom stereocenters. The van der Waals surface area contributed by atoms with Crippen molar-refractivity contribution in [2.24, 2.45) is 0 Å². The maximum atomic E-state index is 13.6. The van der Waals surface area contributed by atoms with Crippen molar-refractivity contribution in [1.82, 2.24) is 15.1 Å². The number of halogens is 4. The van der Waals surface area contributed by atoms with Gasteiger partial charge in [0.2, 0.25) is 0 Å². The molecule has 1 fully saturated rings. The molecule has 1 aliphatic heterocycles. The fourth-order valence-electron chi connectivity index (χ4n) is 2.95. The Morgan fingerprint density at radius 1 is 1.04 bits per heavy atom. The van der Waals surface area contributed by atoms with Crippen LogP contribution in [0.25, 0.3) is 0 Å². The van der Waals surface area contributed by atoms with Crippen molar-refractivity contribution in [3.8, 4) is 0 Å². The molecule has 128 valence electrons. The highest BCUT2D eigenvalue weighted by molar-refractivity contribution is 6.30. The zero-order valence-corrected chi connectivity index (χ0v) is 13.5. The van der Waals surface area contributed by atoms with E-state index >= 15 is 0 Å². The fraction of sp³-hybridized carbons (Fsp3) is 0.375. The summed E-state index contributed by atoms with van der Waals surface area (Å²) in [7, 11) is 0. The molecule has 1 aromatic carbocycles. The summed E-state index contributed by atoms with van der Waals surface area (Å²) < 4.78 is 40.9. The summed E-state index contributed by atoms with van der Waals surface area (Å²) in [5.41, 5.74) is 0.169. The van der Waals surface area contributed by atoms with Gasteiger partial charge < -0.3 is 4.90 Å². The minimum Gasteiger partial charge on any atom is -0.353 e. The Morgan fingerprint density at radius 3 is 2.38 bits per heavy atom. The van der Waals surface area contributed by atoms with E-state index < -0.39 is 12.2 Å². The van der Waals surface area contributed by atoms with E-state index in [4.69, 9.17) is 11.6 Å². The molecule has 0 spiro atoms. The van der Waals surface area contributed by atoms with Crippen LogP contribution in [0.1, 0.15) is 11.6 Å². The number of benzene rings is 1. The van der Waals surface area contributed by atoms with Gasteiger partial charge in [-0.25, -0.2) is 0 Å². The van der Waals surface area contributed by atoms with Crippen LogP contribution in [-0.2, 0) is 0 Å². The summed E-state index contributed by atoms with van der Waals surface area (Å²) in [4.78, 5) is 3.38. The topological polar surface area (TPSA) is 32.3 Å². The number of aromatic nitrogens is 2. The molecule has 0 bridgehead atoms. The second kappa shape index (κ2) is 6.94. The lowest BCUT2D eigenvalue weighted by Crippen LogP contribution is -2.51. The van der Waals surface area contributed by atoms with Gasteiger partial charge in [-0.05, 0) is 29.8 Å². The molecule has 3 rings (SSSR count). The molecule has 2 aromatic rings. The lowest BCUT2D eigenvalue weighted by Gasteiger charge is -2.40. The van der Waals surface area contributed by atoms with Crippen molar-refractivity contribution in [1.29, 1.82) is 0 Å². The SMILES string of the molecule is FC(F)(F)[C@H](c1cccc(Cl)c1)N1CCN(c2cccnn2)CC1. The molecular formula is C16H16ClF3N4. The number of hydrogen-bond acceptors (Lipinski definition) is 4. The standard InChI is InChI=1S/C16H16ClF3N4/c17-13-4-1-3-12(11-13)15(16(18,19)20)24-9-7-23(8-10-24)14-5-2-6-21-22-14/h1-6,11,15H,7-10H2/t15-/m0/s1. The number of rotatable bonds is 3. The van der Waals surface area contributed by atoms with Gasteiger partial charge in [0, 0.05) is 37.4 Å². The third-order valence-corrected chi connectivity index (χ3v) is 4.27. The van der Waals surface area contributed by atoms with Crippen molar-refractivity contribution >= 4 is 17.4 Å². The molecule has 0 radical (unpaired) electrons. The van der Waals surface area contributed by atoms with Gasteiger partial charge in [-0.3, -0.25) is 4.90 Å². The molecular weight excluding hydrogens is 341 g/mol. The van der Waals surface area contributed by atoms with E-state index in [1.54, 1.807) is 30.5 Å². The van der Waals surface area contributed by atoms with Crippen LogP contribution in [0.2, 0.25) is 5.02 Å². The number of alkyl halides is 3. The van der Waals surface area contributed by atoms with Crippen LogP contribution >= 0.6 is 11.6 Å². The van der Waals surface area contributed by atoms with Gasteiger partial charge in [-0.2, -0.15) is 18.3 Å². The summed E-state index contributed by atoms with van der Waals surface area (Å²) >= 11 is 5.87. The predicted octanol–water partition coefficient (Wildman–Crippen LogP) is 3.56. The van der Waals surface area contributed by atoms with E-state index in [0.29, 0.717) is 23.9 Å². The van der Waals surface area contributed by atoms with Gasteiger partial charge in [0.05, 0.1) is 0 Å². The molecule has 1 saturated heterocycles. The first kappa shape index (κ1) is 17.0. The molecule has 1 aliphatic rings. The molecule has 2 heterocycles. The zero-order valence-electron chi connectivity index (χ0n) is 12.7. The van der Waals surface area contributed by atoms with Gasteiger partial charge in [-0.15, -0.1) is 5.10 Å². The van der Waals surface area contributed by atoms with Gasteiger partial charge in [-0.1, -0.05) is 23.7 Å². The minimum atomic E-state index is -4.36. The first-order valence-electron chi connectivity index (χ1n) is 7.54. The van der Waals surface area contributed by atoms with Crippen LogP contribution in [0.15, 0.2) is 42.6 Å². The van der Waals surface area contributed by atoms with Crippen molar-refractivity contribution < 1.29 is 13.2 Å². The zero-order chi connectivity index (χ0) is 17.2. The second-order valence-corrected chi connectivity index (χ2v) is 6.04. The summed E-state index contributed by atoms with van der Waals surface area (Å²) in [6.07, 6.45) is -2.79. The maximum Gasteiger partial charge on any atom is 0.408 e. The molecule has 0 saturated carbocycles. The van der Waals surface area contributed by atoms with Crippen LogP contribution < -0.4 is 4.90 Å². The molecule has 4 nitrogen and oxygen atoms in total. The Morgan fingerprint density at radius 2 is 1.79 bits per heavy atom. The van der Waals surface area contributed by atoms with Crippen molar-refractivity contribution in [2.75, 3.05) is 31.1 Å². The smallest absolute Gasteiger partial charge is 0.353 e. The van der Waals surface area contributed by atoms with E-state index in [9.17, 15) is 13.2 Å². The number of nitrogens with zero attached hydrogens (tertiary/aromatic N) is 4. The van der Waals surface area contributed by atoms with Gasteiger partial charge in [0.25, 0.3) is 0 Å². The lowest BCUT2D eigenvalue weighted by atomic mass is 10.0. The Kier molecular flexibility index (Phi) is 4.91. The number of anilines is 1.